The number of nitrogens with one attached hydrogen (secondary N) is 5. The van der Waals surface area contributed by atoms with Crippen LogP contribution in [-0.4, -0.2) is 104 Å². The fourth-order valence-electron chi connectivity index (χ4n) is 6.36. The Kier molecular flexibility index (Phi) is 21.4. The minimum Gasteiger partial charge on any atom is -0.747 e. The maximum absolute atomic E-state index is 11.5. The summed E-state index contributed by atoms with van der Waals surface area (Å²) in [6, 6.07) is 31.6. The molecule has 0 atom stereocenters. The van der Waals surface area contributed by atoms with E-state index in [0.717, 1.165) is 32.7 Å². The fraction of sp³-hybridized carbons (Fsp3) is 0.233. The van der Waals surface area contributed by atoms with Gasteiger partial charge in [0.05, 0.1) is 41.3 Å². The maximum Gasteiger partial charge on any atom is 1.00 e. The number of azo groups is 2. The van der Waals surface area contributed by atoms with Gasteiger partial charge in [-0.1, -0.05) is 40.3 Å². The second-order valence-electron chi connectivity index (χ2n) is 14.7. The Morgan fingerprint density at radius 3 is 2.09 bits per heavy atom. The third-order valence-corrected chi connectivity index (χ3v) is 11.0. The van der Waals surface area contributed by atoms with Gasteiger partial charge < -0.3 is 25.2 Å². The Labute approximate surface area is 425 Å². The number of anilines is 5. The van der Waals surface area contributed by atoms with Crippen LogP contribution in [0.4, 0.5) is 51.7 Å². The molecule has 24 nitrogen and oxygen atoms in total. The van der Waals surface area contributed by atoms with Crippen molar-refractivity contribution in [3.05, 3.63) is 133 Å². The fourth-order valence-corrected chi connectivity index (χ4v) is 7.23. The van der Waals surface area contributed by atoms with Crippen molar-refractivity contribution in [3.63, 3.8) is 0 Å². The molecule has 27 heteroatoms. The molecule has 1 aromatic heterocycles. The molecule has 0 radical (unpaired) electrons. The van der Waals surface area contributed by atoms with E-state index in [1.54, 1.807) is 95.9 Å². The van der Waals surface area contributed by atoms with Gasteiger partial charge in [0.25, 0.3) is 10.1 Å². The number of ether oxygens (including phenoxy) is 1. The van der Waals surface area contributed by atoms with E-state index < -0.39 is 26.1 Å². The molecule has 0 unspecified atom stereocenters. The van der Waals surface area contributed by atoms with Crippen molar-refractivity contribution in [1.82, 2.24) is 20.2 Å². The Morgan fingerprint density at radius 1 is 0.757 bits per heavy atom. The van der Waals surface area contributed by atoms with Gasteiger partial charge in [0, 0.05) is 50.2 Å². The van der Waals surface area contributed by atoms with E-state index in [1.165, 1.54) is 25.3 Å². The molecule has 0 aliphatic carbocycles. The normalized spacial score (nSPS) is 13.0. The van der Waals surface area contributed by atoms with Crippen molar-refractivity contribution in [2.75, 3.05) is 73.6 Å². The Morgan fingerprint density at radius 2 is 1.43 bits per heavy atom. The van der Waals surface area contributed by atoms with Crippen molar-refractivity contribution in [1.29, 1.82) is 0 Å². The molecule has 7 rings (SSSR count). The molecule has 1 saturated heterocycles. The van der Waals surface area contributed by atoms with Crippen molar-refractivity contribution < 1.29 is 85.2 Å². The summed E-state index contributed by atoms with van der Waals surface area (Å²) in [6.45, 7) is 5.07. The number of hydrogen-bond acceptors (Lipinski definition) is 22. The summed E-state index contributed by atoms with van der Waals surface area (Å²) in [4.78, 5) is 19.8. The molecule has 5 aromatic carbocycles. The van der Waals surface area contributed by atoms with Crippen LogP contribution in [0, 0.1) is 0 Å². The average molecular weight is 1010 g/mol. The van der Waals surface area contributed by atoms with Crippen molar-refractivity contribution in [2.24, 2.45) is 20.5 Å². The summed E-state index contributed by atoms with van der Waals surface area (Å²) in [5.41, 5.74) is 8.14. The summed E-state index contributed by atoms with van der Waals surface area (Å²) in [5, 5.41) is 47.1. The Hall–Kier alpha value is -6.11. The number of nitrogens with zero attached hydrogens (tertiary/aromatic N) is 8. The molecule has 2 heterocycles. The predicted octanol–water partition coefficient (Wildman–Crippen LogP) is 3.37. The van der Waals surface area contributed by atoms with Gasteiger partial charge in [-0.3, -0.25) is 30.7 Å². The van der Waals surface area contributed by atoms with Gasteiger partial charge in [-0.2, -0.15) is 23.8 Å². The van der Waals surface area contributed by atoms with Crippen molar-refractivity contribution >= 4 is 71.9 Å². The standard InChI is InChI=1S/C36H40N12O8S.C7H9NO3S.Na/c1-54-34-21-30(9-10-33(34)45-43-29-3-2-4-32(20-29)57(51,52)53)46-48-24-39-35(41-36(48)38-13-16-47-14-11-37-12-15-47)40-27-5-7-28(8-6-27)42-44-31-18-25(22-55-49)17-26(19-31)23-56-50;9-12(10,11)6-8-7-4-2-1-3-5-7;/h2-10,17-21,24,37H,11-16,22-23H2,1H3,(H5,38,40,41,43,44,46,49,50,51,52,53);1-5,8H,6H2,(H,9,10,11);/q;;+1. The molecular formula is C43H49N13NaO11S2+. The van der Waals surface area contributed by atoms with E-state index in [1.807, 2.05) is 12.1 Å². The van der Waals surface area contributed by atoms with Crippen molar-refractivity contribution in [3.8, 4) is 5.75 Å². The van der Waals surface area contributed by atoms with Crippen LogP contribution in [0.2, 0.25) is 0 Å². The summed E-state index contributed by atoms with van der Waals surface area (Å²) in [7, 11) is -7.08. The molecule has 0 amide bonds. The first kappa shape index (κ1) is 54.8. The third-order valence-electron chi connectivity index (χ3n) is 9.61. The molecule has 8 N–H and O–H groups in total. The summed E-state index contributed by atoms with van der Waals surface area (Å²) < 4.78 is 70.2. The number of hydrogen-bond donors (Lipinski definition) is 8. The molecule has 0 bridgehead atoms. The minimum atomic E-state index is -4.39. The van der Waals surface area contributed by atoms with Crippen LogP contribution in [-0.2, 0) is 43.2 Å². The number of piperazine rings is 1. The first-order chi connectivity index (χ1) is 33.3. The first-order valence-electron chi connectivity index (χ1n) is 20.8. The number of benzene rings is 5. The zero-order valence-electron chi connectivity index (χ0n) is 37.9. The van der Waals surface area contributed by atoms with Crippen LogP contribution < -0.4 is 65.7 Å². The van der Waals surface area contributed by atoms with Crippen LogP contribution in [0.25, 0.3) is 0 Å². The zero-order chi connectivity index (χ0) is 49.1. The number of para-hydroxylation sites is 1. The molecule has 1 fully saturated rings. The quantitative estimate of drug-likeness (QED) is 0.0128. The molecule has 70 heavy (non-hydrogen) atoms. The van der Waals surface area contributed by atoms with Crippen LogP contribution in [0.1, 0.15) is 11.1 Å². The largest absolute Gasteiger partial charge is 1.00 e. The van der Waals surface area contributed by atoms with E-state index in [-0.39, 0.29) is 53.4 Å². The van der Waals surface area contributed by atoms with Gasteiger partial charge in [-0.25, -0.2) is 18.2 Å². The third kappa shape index (κ3) is 18.3. The SMILES string of the molecule is COc1cc(N[n+]2cnc(Nc3ccc(N=Nc4cc(COO)cc(COO)c4)cc3)nc2NCCN2CCNCC2)ccc1N=Nc1cccc(S(=O)(=O)O)c1.O=S(=O)([O-])CNc1ccccc1.[Na+]. The Balaban J connectivity index is 0.000000614. The topological polar surface area (TPSA) is 322 Å². The van der Waals surface area contributed by atoms with Crippen LogP contribution in [0.3, 0.4) is 0 Å². The molecule has 0 spiro atoms. The predicted molar refractivity (Wildman–Crippen MR) is 252 cm³/mol. The molecule has 0 saturated carbocycles. The number of methoxy groups -OCH3 is 1. The summed E-state index contributed by atoms with van der Waals surface area (Å²) >= 11 is 0. The van der Waals surface area contributed by atoms with Gasteiger partial charge in [-0.15, -0.1) is 9.79 Å². The maximum atomic E-state index is 11.5. The molecule has 1 aliphatic heterocycles. The van der Waals surface area contributed by atoms with Gasteiger partial charge in [-0.05, 0) is 90.0 Å². The molecule has 364 valence electrons. The van der Waals surface area contributed by atoms with Crippen LogP contribution in [0.15, 0.2) is 147 Å². The van der Waals surface area contributed by atoms with Crippen molar-refractivity contribution in [2.45, 2.75) is 18.1 Å². The average Bonchev–Trinajstić information content (AvgIpc) is 3.34. The minimum absolute atomic E-state index is 0. The van der Waals surface area contributed by atoms with Gasteiger partial charge >= 0.3 is 41.5 Å². The van der Waals surface area contributed by atoms with Gasteiger partial charge in [0.2, 0.25) is 6.33 Å². The van der Waals surface area contributed by atoms with Gasteiger partial charge in [0.15, 0.2) is 0 Å². The monoisotopic (exact) mass is 1010 g/mol. The molecule has 1 aliphatic rings. The van der Waals surface area contributed by atoms with Crippen LogP contribution in [0.5, 0.6) is 5.75 Å². The summed E-state index contributed by atoms with van der Waals surface area (Å²) in [5.74, 6) is 0.628. The van der Waals surface area contributed by atoms with E-state index in [4.69, 9.17) is 20.2 Å². The molecule has 6 aromatic rings. The second-order valence-corrected chi connectivity index (χ2v) is 17.6. The Bertz CT molecular complexity index is 2880. The molecular weight excluding hydrogens is 962 g/mol. The number of rotatable bonds is 21. The smallest absolute Gasteiger partial charge is 0.747 e. The first-order valence-corrected chi connectivity index (χ1v) is 23.9. The van der Waals surface area contributed by atoms with Gasteiger partial charge in [0.1, 0.15) is 40.6 Å². The number of aromatic nitrogens is 3. The zero-order valence-corrected chi connectivity index (χ0v) is 41.5. The summed E-state index contributed by atoms with van der Waals surface area (Å²) in [6.07, 6.45) is 1.58. The van der Waals surface area contributed by atoms with Crippen LogP contribution >= 0.6 is 0 Å². The second kappa shape index (κ2) is 27.3. The van der Waals surface area contributed by atoms with E-state index in [2.05, 4.69) is 66.8 Å². The van der Waals surface area contributed by atoms with E-state index in [0.29, 0.717) is 69.4 Å². The van der Waals surface area contributed by atoms with E-state index in [9.17, 15) is 25.9 Å². The van der Waals surface area contributed by atoms with E-state index >= 15 is 0 Å².